The van der Waals surface area contributed by atoms with E-state index < -0.39 is 0 Å². The van der Waals surface area contributed by atoms with Gasteiger partial charge in [-0.3, -0.25) is 4.79 Å². The second-order valence-electron chi connectivity index (χ2n) is 7.88. The number of likely N-dealkylation sites (tertiary alicyclic amines) is 1. The molecule has 6 nitrogen and oxygen atoms in total. The van der Waals surface area contributed by atoms with E-state index >= 15 is 0 Å². The molecule has 31 heavy (non-hydrogen) atoms. The van der Waals surface area contributed by atoms with Crippen molar-refractivity contribution >= 4 is 23.2 Å². The predicted octanol–water partition coefficient (Wildman–Crippen LogP) is 4.70. The van der Waals surface area contributed by atoms with Crippen LogP contribution in [0.25, 0.3) is 10.6 Å². The lowest BCUT2D eigenvalue weighted by molar-refractivity contribution is 0.0409. The molecule has 1 aliphatic rings. The molecule has 0 spiro atoms. The van der Waals surface area contributed by atoms with E-state index in [4.69, 9.17) is 4.74 Å². The number of nitrogens with zero attached hydrogens (tertiary/aromatic N) is 3. The number of benzene rings is 1. The number of hydrogen-bond acceptors (Lipinski definition) is 5. The number of aromatic nitrogens is 2. The van der Waals surface area contributed by atoms with Crippen molar-refractivity contribution < 1.29 is 14.3 Å². The van der Waals surface area contributed by atoms with Crippen molar-refractivity contribution in [3.63, 3.8) is 0 Å². The zero-order valence-electron chi connectivity index (χ0n) is 17.9. The first-order valence-corrected chi connectivity index (χ1v) is 11.5. The monoisotopic (exact) mass is 437 g/mol. The number of amides is 1. The molecule has 1 atom stereocenters. The largest absolute Gasteiger partial charge is 0.461 e. The third-order valence-electron chi connectivity index (χ3n) is 5.74. The van der Waals surface area contributed by atoms with Crippen molar-refractivity contribution in [1.82, 2.24) is 14.5 Å². The number of ether oxygens (including phenoxy) is 1. The quantitative estimate of drug-likeness (QED) is 0.525. The van der Waals surface area contributed by atoms with Crippen LogP contribution >= 0.6 is 11.3 Å². The van der Waals surface area contributed by atoms with E-state index in [-0.39, 0.29) is 17.9 Å². The first-order valence-electron chi connectivity index (χ1n) is 10.7. The summed E-state index contributed by atoms with van der Waals surface area (Å²) >= 11 is 1.36. The maximum atomic E-state index is 13.0. The van der Waals surface area contributed by atoms with Gasteiger partial charge in [0.1, 0.15) is 15.6 Å². The van der Waals surface area contributed by atoms with Crippen LogP contribution in [0, 0.1) is 6.92 Å². The van der Waals surface area contributed by atoms with Gasteiger partial charge in [-0.2, -0.15) is 0 Å². The highest BCUT2D eigenvalue weighted by Gasteiger charge is 2.29. The van der Waals surface area contributed by atoms with Gasteiger partial charge in [0.25, 0.3) is 5.91 Å². The maximum absolute atomic E-state index is 13.0. The van der Waals surface area contributed by atoms with E-state index in [9.17, 15) is 9.59 Å². The van der Waals surface area contributed by atoms with E-state index in [2.05, 4.69) is 4.98 Å². The number of rotatable bonds is 6. The fourth-order valence-electron chi connectivity index (χ4n) is 4.04. The van der Waals surface area contributed by atoms with Crippen LogP contribution in [0.5, 0.6) is 0 Å². The third-order valence-corrected chi connectivity index (χ3v) is 6.92. The number of carbonyl (C=O) groups is 2. The van der Waals surface area contributed by atoms with Gasteiger partial charge in [0.05, 0.1) is 12.3 Å². The molecule has 0 radical (unpaired) electrons. The van der Waals surface area contributed by atoms with Crippen LogP contribution in [0.3, 0.4) is 0 Å². The molecule has 4 rings (SSSR count). The summed E-state index contributed by atoms with van der Waals surface area (Å²) in [5, 5.41) is 0.816. The van der Waals surface area contributed by atoms with Crippen LogP contribution in [-0.2, 0) is 11.8 Å². The minimum Gasteiger partial charge on any atom is -0.461 e. The molecule has 2 aromatic heterocycles. The van der Waals surface area contributed by atoms with Gasteiger partial charge >= 0.3 is 5.97 Å². The first kappa shape index (κ1) is 21.3. The molecule has 0 aliphatic carbocycles. The topological polar surface area (TPSA) is 64.4 Å². The van der Waals surface area contributed by atoms with Crippen molar-refractivity contribution in [2.45, 2.75) is 38.6 Å². The fraction of sp³-hybridized carbons (Fsp3) is 0.375. The van der Waals surface area contributed by atoms with Gasteiger partial charge in [0, 0.05) is 37.8 Å². The average Bonchev–Trinajstić information content (AvgIpc) is 3.39. The highest BCUT2D eigenvalue weighted by atomic mass is 32.1. The zero-order chi connectivity index (χ0) is 21.8. The molecule has 162 valence electrons. The van der Waals surface area contributed by atoms with Crippen molar-refractivity contribution in [2.24, 2.45) is 7.05 Å². The third kappa shape index (κ3) is 4.71. The van der Waals surface area contributed by atoms with Crippen LogP contribution < -0.4 is 0 Å². The molecule has 3 aromatic rings. The van der Waals surface area contributed by atoms with E-state index in [0.717, 1.165) is 36.4 Å². The summed E-state index contributed by atoms with van der Waals surface area (Å²) in [6.45, 7) is 2.87. The Hall–Kier alpha value is -2.93. The Bertz CT molecular complexity index is 1060. The molecule has 7 heteroatoms. The number of hydrogen-bond donors (Lipinski definition) is 0. The molecule has 3 heterocycles. The molecule has 0 bridgehead atoms. The van der Waals surface area contributed by atoms with E-state index in [1.807, 2.05) is 72.1 Å². The molecular formula is C24H27N3O3S. The average molecular weight is 438 g/mol. The Morgan fingerprint density at radius 3 is 2.71 bits per heavy atom. The van der Waals surface area contributed by atoms with Gasteiger partial charge in [0.15, 0.2) is 0 Å². The standard InChI is InChI=1S/C24H27N3O3S/c1-17-21(31-22(25-17)18-9-4-3-5-10-18)24(29)30-16-13-19-11-6-7-15-27(19)23(28)20-12-8-14-26(20)2/h3-5,8-10,12,14,19H,6-7,11,13,15-16H2,1-2H3. The predicted molar refractivity (Wildman–Crippen MR) is 121 cm³/mol. The second kappa shape index (κ2) is 9.47. The Morgan fingerprint density at radius 2 is 1.97 bits per heavy atom. The van der Waals surface area contributed by atoms with Crippen LogP contribution in [0.2, 0.25) is 0 Å². The van der Waals surface area contributed by atoms with E-state index in [1.54, 1.807) is 0 Å². The van der Waals surface area contributed by atoms with Gasteiger partial charge < -0.3 is 14.2 Å². The first-order chi connectivity index (χ1) is 15.0. The number of esters is 1. The molecule has 1 aliphatic heterocycles. The SMILES string of the molecule is Cc1nc(-c2ccccc2)sc1C(=O)OCCC1CCCCN1C(=O)c1cccn1C. The van der Waals surface area contributed by atoms with Crippen LogP contribution in [0.15, 0.2) is 48.7 Å². The molecular weight excluding hydrogens is 410 g/mol. The van der Waals surface area contributed by atoms with Crippen LogP contribution in [0.4, 0.5) is 0 Å². The van der Waals surface area contributed by atoms with E-state index in [0.29, 0.717) is 29.3 Å². The smallest absolute Gasteiger partial charge is 0.350 e. The lowest BCUT2D eigenvalue weighted by atomic mass is 9.99. The Balaban J connectivity index is 1.37. The van der Waals surface area contributed by atoms with Crippen LogP contribution in [-0.4, -0.2) is 45.5 Å². The van der Waals surface area contributed by atoms with Gasteiger partial charge in [-0.1, -0.05) is 30.3 Å². The zero-order valence-corrected chi connectivity index (χ0v) is 18.7. The van der Waals surface area contributed by atoms with Crippen molar-refractivity contribution in [1.29, 1.82) is 0 Å². The highest BCUT2D eigenvalue weighted by Crippen LogP contribution is 2.28. The second-order valence-corrected chi connectivity index (χ2v) is 8.88. The number of carbonyl (C=O) groups excluding carboxylic acids is 2. The summed E-state index contributed by atoms with van der Waals surface area (Å²) in [4.78, 5) is 32.7. The molecule has 1 aromatic carbocycles. The van der Waals surface area contributed by atoms with Gasteiger partial charge in [-0.25, -0.2) is 9.78 Å². The summed E-state index contributed by atoms with van der Waals surface area (Å²) in [7, 11) is 1.88. The molecule has 1 amide bonds. The maximum Gasteiger partial charge on any atom is 0.350 e. The number of piperidine rings is 1. The van der Waals surface area contributed by atoms with Crippen molar-refractivity contribution in [3.8, 4) is 10.6 Å². The Labute approximate surface area is 186 Å². The number of aryl methyl sites for hydroxylation is 2. The molecule has 1 unspecified atom stereocenters. The van der Waals surface area contributed by atoms with Gasteiger partial charge in [0.2, 0.25) is 0 Å². The lowest BCUT2D eigenvalue weighted by Crippen LogP contribution is -2.44. The van der Waals surface area contributed by atoms with Gasteiger partial charge in [-0.05, 0) is 38.3 Å². The van der Waals surface area contributed by atoms with Crippen LogP contribution in [0.1, 0.15) is 51.5 Å². The van der Waals surface area contributed by atoms with Crippen molar-refractivity contribution in [3.05, 3.63) is 64.9 Å². The molecule has 0 N–H and O–H groups in total. The van der Waals surface area contributed by atoms with Gasteiger partial charge in [-0.15, -0.1) is 11.3 Å². The lowest BCUT2D eigenvalue weighted by Gasteiger charge is -2.35. The Kier molecular flexibility index (Phi) is 6.51. The molecule has 1 fully saturated rings. The molecule has 0 saturated carbocycles. The van der Waals surface area contributed by atoms with Crippen molar-refractivity contribution in [2.75, 3.05) is 13.2 Å². The van der Waals surface area contributed by atoms with E-state index in [1.165, 1.54) is 11.3 Å². The Morgan fingerprint density at radius 1 is 1.16 bits per heavy atom. The minimum atomic E-state index is -0.340. The fourth-order valence-corrected chi connectivity index (χ4v) is 5.01. The molecule has 1 saturated heterocycles. The summed E-state index contributed by atoms with van der Waals surface area (Å²) in [5.74, 6) is -0.289. The summed E-state index contributed by atoms with van der Waals surface area (Å²) < 4.78 is 7.44. The number of thiazole rings is 1. The summed E-state index contributed by atoms with van der Waals surface area (Å²) in [6.07, 6.45) is 5.56. The summed E-state index contributed by atoms with van der Waals surface area (Å²) in [6, 6.07) is 13.7. The highest BCUT2D eigenvalue weighted by molar-refractivity contribution is 7.17. The summed E-state index contributed by atoms with van der Waals surface area (Å²) in [5.41, 5.74) is 2.37. The minimum absolute atomic E-state index is 0.0503. The normalized spacial score (nSPS) is 16.3.